The zero-order valence-electron chi connectivity index (χ0n) is 9.21. The Hall–Kier alpha value is -2.36. The largest absolute Gasteiger partial charge is 0.398 e. The fourth-order valence-electron chi connectivity index (χ4n) is 1.49. The summed E-state index contributed by atoms with van der Waals surface area (Å²) in [6, 6.07) is 6.89. The molecule has 0 unspecified atom stereocenters. The molecule has 1 aliphatic rings. The molecule has 0 spiro atoms. The van der Waals surface area contributed by atoms with Crippen molar-refractivity contribution >= 4 is 17.8 Å². The number of benzene rings is 1. The number of hydrazone groups is 1. The minimum Gasteiger partial charge on any atom is -0.398 e. The van der Waals surface area contributed by atoms with Crippen molar-refractivity contribution in [3.05, 3.63) is 54.1 Å². The second-order valence-corrected chi connectivity index (χ2v) is 3.65. The Morgan fingerprint density at radius 2 is 2.00 bits per heavy atom. The lowest BCUT2D eigenvalue weighted by Gasteiger charge is -2.03. The summed E-state index contributed by atoms with van der Waals surface area (Å²) in [5.41, 5.74) is 9.01. The first-order valence-electron chi connectivity index (χ1n) is 5.30. The van der Waals surface area contributed by atoms with E-state index >= 15 is 0 Å². The predicted octanol–water partition coefficient (Wildman–Crippen LogP) is 1.73. The first-order chi connectivity index (χ1) is 8.27. The van der Waals surface area contributed by atoms with Crippen molar-refractivity contribution in [3.63, 3.8) is 0 Å². The Bertz CT molecular complexity index is 491. The van der Waals surface area contributed by atoms with Gasteiger partial charge < -0.3 is 5.73 Å². The maximum atomic E-state index is 11.7. The molecule has 0 saturated heterocycles. The molecule has 0 saturated carbocycles. The number of rotatable bonds is 3. The number of amides is 1. The van der Waals surface area contributed by atoms with Crippen LogP contribution < -0.4 is 11.2 Å². The average molecular weight is 227 g/mol. The first kappa shape index (κ1) is 11.1. The molecule has 4 nitrogen and oxygen atoms in total. The minimum absolute atomic E-state index is 0.156. The van der Waals surface area contributed by atoms with Gasteiger partial charge in [-0.05, 0) is 12.1 Å². The summed E-state index contributed by atoms with van der Waals surface area (Å²) in [5, 5.41) is 3.89. The fourth-order valence-corrected chi connectivity index (χ4v) is 1.49. The van der Waals surface area contributed by atoms with Gasteiger partial charge in [0.1, 0.15) is 0 Å². The average Bonchev–Trinajstić information content (AvgIpc) is 2.82. The normalized spacial score (nSPS) is 14.6. The SMILES string of the molecule is Nc1ccccc1C(=O)N/N=C/C1C=CC=C1. The summed E-state index contributed by atoms with van der Waals surface area (Å²) in [5.74, 6) is -0.145. The van der Waals surface area contributed by atoms with E-state index in [-0.39, 0.29) is 11.8 Å². The molecule has 0 atom stereocenters. The van der Waals surface area contributed by atoms with Gasteiger partial charge in [-0.3, -0.25) is 4.79 Å². The maximum Gasteiger partial charge on any atom is 0.273 e. The standard InChI is InChI=1S/C13H13N3O/c14-12-8-4-3-7-11(12)13(17)16-15-9-10-5-1-2-6-10/h1-10H,14H2,(H,16,17)/b15-9+. The quantitative estimate of drug-likeness (QED) is 0.469. The van der Waals surface area contributed by atoms with Crippen LogP contribution in [0.4, 0.5) is 5.69 Å². The molecule has 1 aliphatic carbocycles. The Morgan fingerprint density at radius 3 is 2.71 bits per heavy atom. The van der Waals surface area contributed by atoms with Crippen LogP contribution in [0.15, 0.2) is 53.7 Å². The molecule has 0 bridgehead atoms. The molecule has 2 rings (SSSR count). The lowest BCUT2D eigenvalue weighted by atomic mass is 10.2. The molecule has 1 aromatic carbocycles. The van der Waals surface area contributed by atoms with Crippen molar-refractivity contribution in [1.82, 2.24) is 5.43 Å². The van der Waals surface area contributed by atoms with E-state index in [0.717, 1.165) is 0 Å². The van der Waals surface area contributed by atoms with Gasteiger partial charge in [-0.2, -0.15) is 5.10 Å². The fraction of sp³-hybridized carbons (Fsp3) is 0.0769. The minimum atomic E-state index is -0.301. The van der Waals surface area contributed by atoms with E-state index in [2.05, 4.69) is 10.5 Å². The smallest absolute Gasteiger partial charge is 0.273 e. The van der Waals surface area contributed by atoms with Gasteiger partial charge in [0.25, 0.3) is 5.91 Å². The number of nitrogen functional groups attached to an aromatic ring is 1. The van der Waals surface area contributed by atoms with Crippen LogP contribution in [-0.4, -0.2) is 12.1 Å². The molecule has 0 heterocycles. The topological polar surface area (TPSA) is 67.5 Å². The second-order valence-electron chi connectivity index (χ2n) is 3.65. The van der Waals surface area contributed by atoms with Crippen molar-refractivity contribution in [2.45, 2.75) is 0 Å². The van der Waals surface area contributed by atoms with Gasteiger partial charge in [-0.1, -0.05) is 36.4 Å². The van der Waals surface area contributed by atoms with Crippen LogP contribution in [0.3, 0.4) is 0 Å². The van der Waals surface area contributed by atoms with Gasteiger partial charge in [0, 0.05) is 17.8 Å². The molecule has 0 fully saturated rings. The van der Waals surface area contributed by atoms with E-state index in [9.17, 15) is 4.79 Å². The van der Waals surface area contributed by atoms with Crippen LogP contribution in [0.5, 0.6) is 0 Å². The molecular formula is C13H13N3O. The number of hydrogen-bond donors (Lipinski definition) is 2. The van der Waals surface area contributed by atoms with E-state index in [0.29, 0.717) is 11.3 Å². The highest BCUT2D eigenvalue weighted by molar-refractivity contribution is 5.99. The van der Waals surface area contributed by atoms with E-state index in [1.54, 1.807) is 30.5 Å². The van der Waals surface area contributed by atoms with Gasteiger partial charge in [-0.15, -0.1) is 0 Å². The van der Waals surface area contributed by atoms with Crippen molar-refractivity contribution in [2.75, 3.05) is 5.73 Å². The molecule has 1 aromatic rings. The number of nitrogens with zero attached hydrogens (tertiary/aromatic N) is 1. The van der Waals surface area contributed by atoms with Crippen molar-refractivity contribution in [1.29, 1.82) is 0 Å². The lowest BCUT2D eigenvalue weighted by molar-refractivity contribution is 0.0956. The number of allylic oxidation sites excluding steroid dienone is 4. The summed E-state index contributed by atoms with van der Waals surface area (Å²) >= 11 is 0. The van der Waals surface area contributed by atoms with Crippen molar-refractivity contribution < 1.29 is 4.79 Å². The zero-order valence-corrected chi connectivity index (χ0v) is 9.21. The third kappa shape index (κ3) is 2.81. The molecule has 0 aliphatic heterocycles. The molecule has 1 amide bonds. The van der Waals surface area contributed by atoms with Gasteiger partial charge in [0.05, 0.1) is 5.56 Å². The molecule has 17 heavy (non-hydrogen) atoms. The summed E-state index contributed by atoms with van der Waals surface area (Å²) in [6.07, 6.45) is 9.50. The molecule has 0 aromatic heterocycles. The number of anilines is 1. The van der Waals surface area contributed by atoms with E-state index in [1.807, 2.05) is 24.3 Å². The van der Waals surface area contributed by atoms with Gasteiger partial charge in [-0.25, -0.2) is 5.43 Å². The number of nitrogens with two attached hydrogens (primary N) is 1. The maximum absolute atomic E-state index is 11.7. The summed E-state index contributed by atoms with van der Waals surface area (Å²) in [4.78, 5) is 11.7. The van der Waals surface area contributed by atoms with Crippen molar-refractivity contribution in [2.24, 2.45) is 11.0 Å². The molecule has 4 heteroatoms. The van der Waals surface area contributed by atoms with Gasteiger partial charge in [0.15, 0.2) is 0 Å². The third-order valence-corrected chi connectivity index (χ3v) is 2.40. The van der Waals surface area contributed by atoms with Gasteiger partial charge in [0.2, 0.25) is 0 Å². The predicted molar refractivity (Wildman–Crippen MR) is 68.6 cm³/mol. The van der Waals surface area contributed by atoms with E-state index < -0.39 is 0 Å². The number of hydrogen-bond acceptors (Lipinski definition) is 3. The molecule has 3 N–H and O–H groups in total. The summed E-state index contributed by atoms with van der Waals surface area (Å²) in [6.45, 7) is 0. The van der Waals surface area contributed by atoms with E-state index in [4.69, 9.17) is 5.73 Å². The second kappa shape index (κ2) is 5.12. The highest BCUT2D eigenvalue weighted by Gasteiger charge is 2.07. The summed E-state index contributed by atoms with van der Waals surface area (Å²) in [7, 11) is 0. The number of carbonyl (C=O) groups is 1. The van der Waals surface area contributed by atoms with Gasteiger partial charge >= 0.3 is 0 Å². The Morgan fingerprint density at radius 1 is 1.29 bits per heavy atom. The highest BCUT2D eigenvalue weighted by Crippen LogP contribution is 2.10. The molecule has 86 valence electrons. The van der Waals surface area contributed by atoms with Crippen molar-refractivity contribution in [3.8, 4) is 0 Å². The Kier molecular flexibility index (Phi) is 3.35. The summed E-state index contributed by atoms with van der Waals surface area (Å²) < 4.78 is 0. The van der Waals surface area contributed by atoms with Crippen LogP contribution in [0.2, 0.25) is 0 Å². The lowest BCUT2D eigenvalue weighted by Crippen LogP contribution is -2.19. The monoisotopic (exact) mass is 227 g/mol. The highest BCUT2D eigenvalue weighted by atomic mass is 16.2. The van der Waals surface area contributed by atoms with Crippen LogP contribution in [0.1, 0.15) is 10.4 Å². The Balaban J connectivity index is 1.96. The number of para-hydroxylation sites is 1. The first-order valence-corrected chi connectivity index (χ1v) is 5.30. The molecular weight excluding hydrogens is 214 g/mol. The zero-order chi connectivity index (χ0) is 12.1. The van der Waals surface area contributed by atoms with Crippen LogP contribution >= 0.6 is 0 Å². The number of carbonyl (C=O) groups excluding carboxylic acids is 1. The Labute approximate surface area is 99.5 Å². The van der Waals surface area contributed by atoms with Crippen LogP contribution in [-0.2, 0) is 0 Å². The van der Waals surface area contributed by atoms with Crippen LogP contribution in [0.25, 0.3) is 0 Å². The third-order valence-electron chi connectivity index (χ3n) is 2.40. The van der Waals surface area contributed by atoms with Crippen LogP contribution in [0, 0.1) is 5.92 Å². The number of nitrogens with one attached hydrogen (secondary N) is 1. The van der Waals surface area contributed by atoms with E-state index in [1.165, 1.54) is 0 Å². The molecule has 0 radical (unpaired) electrons.